The van der Waals surface area contributed by atoms with Gasteiger partial charge in [0, 0.05) is 6.04 Å². The first kappa shape index (κ1) is 16.3. The van der Waals surface area contributed by atoms with Gasteiger partial charge in [-0.3, -0.25) is 4.79 Å². The molecular weight excluding hydrogens is 303 g/mol. The summed E-state index contributed by atoms with van der Waals surface area (Å²) in [4.78, 5) is 14.0. The molecule has 1 aromatic rings. The van der Waals surface area contributed by atoms with Crippen molar-refractivity contribution in [3.05, 3.63) is 35.4 Å². The van der Waals surface area contributed by atoms with Crippen molar-refractivity contribution < 1.29 is 18.0 Å². The molecule has 0 heterocycles. The van der Waals surface area contributed by atoms with Crippen molar-refractivity contribution in [2.24, 2.45) is 5.92 Å². The standard InChI is InChI=1S/C18H22F3NO/c1-12(13-9-10-13)22(11-18(19,20)21)17(23)16-8-4-6-14-5-2-3-7-15(14)16/h2-3,5,7,12-13,16H,4,6,8-11H2,1H3/t12-,16+/m0/s1. The second kappa shape index (κ2) is 6.17. The Kier molecular flexibility index (Phi) is 4.39. The second-order valence-electron chi connectivity index (χ2n) is 6.80. The van der Waals surface area contributed by atoms with Crippen LogP contribution in [0.3, 0.4) is 0 Å². The Morgan fingerprint density at radius 2 is 1.96 bits per heavy atom. The van der Waals surface area contributed by atoms with E-state index in [2.05, 4.69) is 0 Å². The van der Waals surface area contributed by atoms with Crippen molar-refractivity contribution in [2.75, 3.05) is 6.54 Å². The maximum atomic E-state index is 13.0. The van der Waals surface area contributed by atoms with Gasteiger partial charge in [-0.05, 0) is 56.1 Å². The lowest BCUT2D eigenvalue weighted by molar-refractivity contribution is -0.167. The molecule has 0 N–H and O–H groups in total. The second-order valence-corrected chi connectivity index (χ2v) is 6.80. The molecular formula is C18H22F3NO. The maximum absolute atomic E-state index is 13.0. The number of hydrogen-bond acceptors (Lipinski definition) is 1. The molecule has 2 aliphatic rings. The van der Waals surface area contributed by atoms with Crippen LogP contribution in [0.1, 0.15) is 49.7 Å². The fourth-order valence-corrected chi connectivity index (χ4v) is 3.66. The molecule has 0 spiro atoms. The van der Waals surface area contributed by atoms with Gasteiger partial charge < -0.3 is 4.90 Å². The minimum atomic E-state index is -4.35. The number of rotatable bonds is 4. The zero-order chi connectivity index (χ0) is 16.6. The van der Waals surface area contributed by atoms with Gasteiger partial charge in [0.15, 0.2) is 0 Å². The van der Waals surface area contributed by atoms with Crippen molar-refractivity contribution in [1.82, 2.24) is 4.90 Å². The Balaban J connectivity index is 1.86. The highest BCUT2D eigenvalue weighted by Crippen LogP contribution is 2.39. The third kappa shape index (κ3) is 3.70. The number of amides is 1. The monoisotopic (exact) mass is 325 g/mol. The molecule has 23 heavy (non-hydrogen) atoms. The largest absolute Gasteiger partial charge is 0.406 e. The van der Waals surface area contributed by atoms with Crippen molar-refractivity contribution in [2.45, 2.75) is 57.2 Å². The van der Waals surface area contributed by atoms with Crippen LogP contribution in [0.25, 0.3) is 0 Å². The number of alkyl halides is 3. The quantitative estimate of drug-likeness (QED) is 0.808. The summed E-state index contributed by atoms with van der Waals surface area (Å²) in [6.07, 6.45) is -0.120. The van der Waals surface area contributed by atoms with Gasteiger partial charge in [0.25, 0.3) is 0 Å². The van der Waals surface area contributed by atoms with Gasteiger partial charge >= 0.3 is 6.18 Å². The number of benzene rings is 1. The van der Waals surface area contributed by atoms with Crippen LogP contribution >= 0.6 is 0 Å². The Morgan fingerprint density at radius 3 is 2.61 bits per heavy atom. The molecule has 126 valence electrons. The van der Waals surface area contributed by atoms with Crippen molar-refractivity contribution in [1.29, 1.82) is 0 Å². The normalized spacial score (nSPS) is 22.3. The van der Waals surface area contributed by atoms with Crippen LogP contribution in [0, 0.1) is 5.92 Å². The first-order valence-electron chi connectivity index (χ1n) is 8.32. The summed E-state index contributed by atoms with van der Waals surface area (Å²) in [6.45, 7) is 0.623. The first-order chi connectivity index (χ1) is 10.9. The molecule has 0 unspecified atom stereocenters. The van der Waals surface area contributed by atoms with E-state index in [0.29, 0.717) is 6.42 Å². The summed E-state index contributed by atoms with van der Waals surface area (Å²) in [6, 6.07) is 7.32. The van der Waals surface area contributed by atoms with Gasteiger partial charge in [0.1, 0.15) is 6.54 Å². The topological polar surface area (TPSA) is 20.3 Å². The van der Waals surface area contributed by atoms with Crippen LogP contribution in [0.2, 0.25) is 0 Å². The van der Waals surface area contributed by atoms with E-state index in [1.54, 1.807) is 6.92 Å². The third-order valence-corrected chi connectivity index (χ3v) is 5.10. The minimum absolute atomic E-state index is 0.222. The molecule has 0 aromatic heterocycles. The van der Waals surface area contributed by atoms with Gasteiger partial charge in [-0.15, -0.1) is 0 Å². The Hall–Kier alpha value is -1.52. The lowest BCUT2D eigenvalue weighted by Crippen LogP contribution is -2.47. The molecule has 1 fully saturated rings. The number of hydrogen-bond donors (Lipinski definition) is 0. The fraction of sp³-hybridized carbons (Fsp3) is 0.611. The van der Waals surface area contributed by atoms with E-state index in [4.69, 9.17) is 0 Å². The first-order valence-corrected chi connectivity index (χ1v) is 8.32. The van der Waals surface area contributed by atoms with Crippen molar-refractivity contribution >= 4 is 5.91 Å². The smallest absolute Gasteiger partial charge is 0.330 e. The molecule has 5 heteroatoms. The van der Waals surface area contributed by atoms with Crippen LogP contribution in [0.15, 0.2) is 24.3 Å². The van der Waals surface area contributed by atoms with E-state index >= 15 is 0 Å². The molecule has 0 bridgehead atoms. The van der Waals surface area contributed by atoms with Crippen molar-refractivity contribution in [3.8, 4) is 0 Å². The molecule has 2 atom stereocenters. The van der Waals surface area contributed by atoms with Gasteiger partial charge in [-0.1, -0.05) is 24.3 Å². The van der Waals surface area contributed by atoms with Crippen LogP contribution in [-0.4, -0.2) is 29.6 Å². The van der Waals surface area contributed by atoms with E-state index in [9.17, 15) is 18.0 Å². The van der Waals surface area contributed by atoms with Gasteiger partial charge in [-0.2, -0.15) is 13.2 Å². The molecule has 1 aromatic carbocycles. The van der Waals surface area contributed by atoms with E-state index < -0.39 is 18.6 Å². The summed E-state index contributed by atoms with van der Waals surface area (Å²) in [5.41, 5.74) is 2.02. The fourth-order valence-electron chi connectivity index (χ4n) is 3.66. The molecule has 0 saturated heterocycles. The summed E-state index contributed by atoms with van der Waals surface area (Å²) >= 11 is 0. The number of halogens is 3. The zero-order valence-electron chi connectivity index (χ0n) is 13.3. The lowest BCUT2D eigenvalue weighted by atomic mass is 9.82. The summed E-state index contributed by atoms with van der Waals surface area (Å²) in [5, 5.41) is 0. The summed E-state index contributed by atoms with van der Waals surface area (Å²) < 4.78 is 38.9. The van der Waals surface area contributed by atoms with Crippen LogP contribution < -0.4 is 0 Å². The SMILES string of the molecule is C[C@@H](C1CC1)N(CC(F)(F)F)C(=O)[C@@H]1CCCc2ccccc21. The van der Waals surface area contributed by atoms with Crippen molar-refractivity contribution in [3.63, 3.8) is 0 Å². The molecule has 0 radical (unpaired) electrons. The molecule has 1 saturated carbocycles. The predicted octanol–water partition coefficient (Wildman–Crippen LogP) is 4.30. The van der Waals surface area contributed by atoms with Crippen LogP contribution in [0.5, 0.6) is 0 Å². The summed E-state index contributed by atoms with van der Waals surface area (Å²) in [7, 11) is 0. The highest BCUT2D eigenvalue weighted by molar-refractivity contribution is 5.85. The lowest BCUT2D eigenvalue weighted by Gasteiger charge is -2.35. The van der Waals surface area contributed by atoms with E-state index in [1.165, 1.54) is 0 Å². The Bertz CT molecular complexity index is 580. The van der Waals surface area contributed by atoms with E-state index in [1.807, 2.05) is 24.3 Å². The number of aryl methyl sites for hydroxylation is 1. The zero-order valence-corrected chi connectivity index (χ0v) is 13.3. The van der Waals surface area contributed by atoms with Crippen LogP contribution in [0.4, 0.5) is 13.2 Å². The number of fused-ring (bicyclic) bond motifs is 1. The third-order valence-electron chi connectivity index (χ3n) is 5.10. The molecule has 2 nitrogen and oxygen atoms in total. The molecule has 2 aliphatic carbocycles. The van der Waals surface area contributed by atoms with Gasteiger partial charge in [0.2, 0.25) is 5.91 Å². The van der Waals surface area contributed by atoms with Gasteiger partial charge in [0.05, 0.1) is 5.92 Å². The molecule has 1 amide bonds. The minimum Gasteiger partial charge on any atom is -0.330 e. The van der Waals surface area contributed by atoms with E-state index in [0.717, 1.165) is 41.7 Å². The predicted molar refractivity (Wildman–Crippen MR) is 82.1 cm³/mol. The summed E-state index contributed by atoms with van der Waals surface area (Å²) in [5.74, 6) is -0.558. The molecule has 3 rings (SSSR count). The Labute approximate surface area is 134 Å². The highest BCUT2D eigenvalue weighted by atomic mass is 19.4. The number of carbonyl (C=O) groups is 1. The number of carbonyl (C=O) groups excluding carboxylic acids is 1. The Morgan fingerprint density at radius 1 is 1.26 bits per heavy atom. The maximum Gasteiger partial charge on any atom is 0.406 e. The number of nitrogens with zero attached hydrogens (tertiary/aromatic N) is 1. The average molecular weight is 325 g/mol. The van der Waals surface area contributed by atoms with Crippen LogP contribution in [-0.2, 0) is 11.2 Å². The van der Waals surface area contributed by atoms with E-state index in [-0.39, 0.29) is 17.9 Å². The molecule has 0 aliphatic heterocycles. The highest BCUT2D eigenvalue weighted by Gasteiger charge is 2.42. The average Bonchev–Trinajstić information content (AvgIpc) is 3.35. The van der Waals surface area contributed by atoms with Gasteiger partial charge in [-0.25, -0.2) is 0 Å².